The van der Waals surface area contributed by atoms with Gasteiger partial charge < -0.3 is 9.47 Å². The van der Waals surface area contributed by atoms with Crippen LogP contribution < -0.4 is 0 Å². The first-order chi connectivity index (χ1) is 7.14. The lowest BCUT2D eigenvalue weighted by molar-refractivity contribution is -0.159. The van der Waals surface area contributed by atoms with E-state index in [-0.39, 0.29) is 6.10 Å². The van der Waals surface area contributed by atoms with Gasteiger partial charge in [0.05, 0.1) is 18.6 Å². The summed E-state index contributed by atoms with van der Waals surface area (Å²) >= 11 is 5.74. The third-order valence-electron chi connectivity index (χ3n) is 2.68. The summed E-state index contributed by atoms with van der Waals surface area (Å²) < 4.78 is 11.4. The van der Waals surface area contributed by atoms with Gasteiger partial charge in [0.2, 0.25) is 0 Å². The van der Waals surface area contributed by atoms with Crippen molar-refractivity contribution >= 4 is 11.6 Å². The SMILES string of the molecule is Cc1ccc([C@]2(C)OC[C@H](CCl)O2)cc1. The Labute approximate surface area is 95.1 Å². The van der Waals surface area contributed by atoms with Crippen LogP contribution in [0.4, 0.5) is 0 Å². The Morgan fingerprint density at radius 3 is 2.60 bits per heavy atom. The molecule has 1 aromatic rings. The number of benzene rings is 1. The first-order valence-electron chi connectivity index (χ1n) is 5.09. The van der Waals surface area contributed by atoms with E-state index >= 15 is 0 Å². The summed E-state index contributed by atoms with van der Waals surface area (Å²) in [4.78, 5) is 0. The fourth-order valence-electron chi connectivity index (χ4n) is 1.72. The van der Waals surface area contributed by atoms with Crippen LogP contribution in [0, 0.1) is 6.92 Å². The minimum atomic E-state index is -0.632. The predicted octanol–water partition coefficient (Wildman–Crippen LogP) is 2.82. The monoisotopic (exact) mass is 226 g/mol. The maximum absolute atomic E-state index is 5.77. The zero-order chi connectivity index (χ0) is 10.9. The summed E-state index contributed by atoms with van der Waals surface area (Å²) in [5.41, 5.74) is 2.27. The minimum Gasteiger partial charge on any atom is -0.343 e. The van der Waals surface area contributed by atoms with Crippen LogP contribution in [-0.4, -0.2) is 18.6 Å². The Morgan fingerprint density at radius 1 is 1.40 bits per heavy atom. The molecule has 1 aliphatic heterocycles. The number of alkyl halides is 1. The summed E-state index contributed by atoms with van der Waals surface area (Å²) in [6.07, 6.45) is -0.00188. The molecule has 1 aromatic carbocycles. The molecule has 0 unspecified atom stereocenters. The third-order valence-corrected chi connectivity index (χ3v) is 3.03. The van der Waals surface area contributed by atoms with Crippen molar-refractivity contribution in [2.75, 3.05) is 12.5 Å². The number of ether oxygens (including phenoxy) is 2. The minimum absolute atomic E-state index is 0.00188. The molecular weight excluding hydrogens is 212 g/mol. The molecule has 1 saturated heterocycles. The molecule has 2 atom stereocenters. The largest absolute Gasteiger partial charge is 0.343 e. The molecule has 0 bridgehead atoms. The molecule has 0 spiro atoms. The molecular formula is C12H15ClO2. The Hall–Kier alpha value is -0.570. The van der Waals surface area contributed by atoms with Crippen LogP contribution in [0.15, 0.2) is 24.3 Å². The molecule has 0 aromatic heterocycles. The molecule has 3 heteroatoms. The van der Waals surface area contributed by atoms with Crippen LogP contribution in [0.25, 0.3) is 0 Å². The normalized spacial score (nSPS) is 30.7. The van der Waals surface area contributed by atoms with Gasteiger partial charge in [0.1, 0.15) is 0 Å². The van der Waals surface area contributed by atoms with Crippen molar-refractivity contribution < 1.29 is 9.47 Å². The molecule has 82 valence electrons. The Kier molecular flexibility index (Phi) is 3.01. The number of hydrogen-bond donors (Lipinski definition) is 0. The molecule has 0 aliphatic carbocycles. The standard InChI is InChI=1S/C12H15ClO2/c1-9-3-5-10(6-4-9)12(2)14-8-11(7-13)15-12/h3-6,11H,7-8H2,1-2H3/t11-,12+/m0/s1. The Bertz CT molecular complexity index is 336. The molecule has 0 saturated carbocycles. The second-order valence-electron chi connectivity index (χ2n) is 4.02. The van der Waals surface area contributed by atoms with Crippen molar-refractivity contribution in [3.8, 4) is 0 Å². The number of aryl methyl sites for hydroxylation is 1. The average molecular weight is 227 g/mol. The maximum atomic E-state index is 5.77. The molecule has 1 aliphatic rings. The van der Waals surface area contributed by atoms with Crippen molar-refractivity contribution in [1.82, 2.24) is 0 Å². The van der Waals surface area contributed by atoms with E-state index in [1.165, 1.54) is 5.56 Å². The van der Waals surface area contributed by atoms with Crippen LogP contribution in [-0.2, 0) is 15.3 Å². The highest BCUT2D eigenvalue weighted by atomic mass is 35.5. The smallest absolute Gasteiger partial charge is 0.192 e. The van der Waals surface area contributed by atoms with E-state index in [2.05, 4.69) is 19.1 Å². The summed E-state index contributed by atoms with van der Waals surface area (Å²) in [6.45, 7) is 4.56. The molecule has 2 rings (SSSR count). The zero-order valence-electron chi connectivity index (χ0n) is 9.00. The van der Waals surface area contributed by atoms with E-state index in [4.69, 9.17) is 21.1 Å². The molecule has 1 heterocycles. The lowest BCUT2D eigenvalue weighted by Gasteiger charge is -2.23. The van der Waals surface area contributed by atoms with Crippen LogP contribution in [0.5, 0.6) is 0 Å². The van der Waals surface area contributed by atoms with Crippen molar-refractivity contribution in [1.29, 1.82) is 0 Å². The van der Waals surface area contributed by atoms with Crippen molar-refractivity contribution in [3.05, 3.63) is 35.4 Å². The topological polar surface area (TPSA) is 18.5 Å². The molecule has 15 heavy (non-hydrogen) atoms. The fraction of sp³-hybridized carbons (Fsp3) is 0.500. The van der Waals surface area contributed by atoms with Crippen molar-refractivity contribution in [2.24, 2.45) is 0 Å². The van der Waals surface area contributed by atoms with E-state index in [1.54, 1.807) is 0 Å². The second-order valence-corrected chi connectivity index (χ2v) is 4.33. The van der Waals surface area contributed by atoms with Crippen molar-refractivity contribution in [3.63, 3.8) is 0 Å². The number of halogens is 1. The molecule has 0 N–H and O–H groups in total. The summed E-state index contributed by atoms with van der Waals surface area (Å²) in [5, 5.41) is 0. The summed E-state index contributed by atoms with van der Waals surface area (Å²) in [5.74, 6) is -0.158. The van der Waals surface area contributed by atoms with Crippen LogP contribution >= 0.6 is 11.6 Å². The van der Waals surface area contributed by atoms with Crippen molar-refractivity contribution in [2.45, 2.75) is 25.7 Å². The first kappa shape index (κ1) is 10.9. The van der Waals surface area contributed by atoms with E-state index in [9.17, 15) is 0 Å². The van der Waals surface area contributed by atoms with Gasteiger partial charge in [0, 0.05) is 5.56 Å². The molecule has 2 nitrogen and oxygen atoms in total. The van der Waals surface area contributed by atoms with Crippen LogP contribution in [0.1, 0.15) is 18.1 Å². The summed E-state index contributed by atoms with van der Waals surface area (Å²) in [6, 6.07) is 8.18. The van der Waals surface area contributed by atoms with Gasteiger partial charge in [-0.2, -0.15) is 0 Å². The predicted molar refractivity (Wildman–Crippen MR) is 60.1 cm³/mol. The van der Waals surface area contributed by atoms with Crippen LogP contribution in [0.2, 0.25) is 0 Å². The van der Waals surface area contributed by atoms with Crippen LogP contribution in [0.3, 0.4) is 0 Å². The maximum Gasteiger partial charge on any atom is 0.192 e. The zero-order valence-corrected chi connectivity index (χ0v) is 9.75. The van der Waals surface area contributed by atoms with Gasteiger partial charge in [0.25, 0.3) is 0 Å². The van der Waals surface area contributed by atoms with Gasteiger partial charge in [-0.3, -0.25) is 0 Å². The highest BCUT2D eigenvalue weighted by Crippen LogP contribution is 2.34. The van der Waals surface area contributed by atoms with E-state index in [1.807, 2.05) is 19.1 Å². The molecule has 1 fully saturated rings. The van der Waals surface area contributed by atoms with Gasteiger partial charge >= 0.3 is 0 Å². The van der Waals surface area contributed by atoms with Gasteiger partial charge in [-0.25, -0.2) is 0 Å². The quantitative estimate of drug-likeness (QED) is 0.722. The molecule has 0 radical (unpaired) electrons. The lowest BCUT2D eigenvalue weighted by Crippen LogP contribution is -2.24. The average Bonchev–Trinajstić information content (AvgIpc) is 2.62. The highest BCUT2D eigenvalue weighted by Gasteiger charge is 2.38. The second kappa shape index (κ2) is 4.12. The van der Waals surface area contributed by atoms with E-state index < -0.39 is 5.79 Å². The number of hydrogen-bond acceptors (Lipinski definition) is 2. The van der Waals surface area contributed by atoms with Gasteiger partial charge in [-0.1, -0.05) is 29.8 Å². The van der Waals surface area contributed by atoms with E-state index in [0.29, 0.717) is 12.5 Å². The van der Waals surface area contributed by atoms with Gasteiger partial charge in [-0.15, -0.1) is 11.6 Å². The first-order valence-corrected chi connectivity index (χ1v) is 5.62. The highest BCUT2D eigenvalue weighted by molar-refractivity contribution is 6.18. The van der Waals surface area contributed by atoms with Gasteiger partial charge in [0.15, 0.2) is 5.79 Å². The molecule has 0 amide bonds. The lowest BCUT2D eigenvalue weighted by atomic mass is 10.1. The Morgan fingerprint density at radius 2 is 2.07 bits per heavy atom. The Balaban J connectivity index is 2.20. The summed E-state index contributed by atoms with van der Waals surface area (Å²) in [7, 11) is 0. The third kappa shape index (κ3) is 2.17. The van der Waals surface area contributed by atoms with E-state index in [0.717, 1.165) is 5.56 Å². The number of rotatable bonds is 2. The van der Waals surface area contributed by atoms with Gasteiger partial charge in [-0.05, 0) is 13.8 Å². The fourth-order valence-corrected chi connectivity index (χ4v) is 1.87.